The maximum atomic E-state index is 9.79. The molecule has 1 rings (SSSR count). The van der Waals surface area contributed by atoms with Crippen LogP contribution in [0.3, 0.4) is 0 Å². The van der Waals surface area contributed by atoms with E-state index >= 15 is 0 Å². The Morgan fingerprint density at radius 3 is 2.85 bits per heavy atom. The minimum Gasteiger partial charge on any atom is -0.489 e. The molecular formula is C14H21Cl2NO3. The lowest BCUT2D eigenvalue weighted by Gasteiger charge is -2.14. The highest BCUT2D eigenvalue weighted by atomic mass is 35.5. The molecule has 114 valence electrons. The summed E-state index contributed by atoms with van der Waals surface area (Å²) in [7, 11) is 1.69. The maximum absolute atomic E-state index is 9.79. The molecule has 1 aromatic carbocycles. The average molecular weight is 322 g/mol. The molecule has 0 amide bonds. The zero-order valence-electron chi connectivity index (χ0n) is 11.6. The average Bonchev–Trinajstić information content (AvgIpc) is 2.43. The second-order valence-electron chi connectivity index (χ2n) is 4.44. The Kier molecular flexibility index (Phi) is 8.98. The summed E-state index contributed by atoms with van der Waals surface area (Å²) in [5.41, 5.74) is 0. The molecule has 1 unspecified atom stereocenters. The third-order valence-electron chi connectivity index (χ3n) is 2.66. The lowest BCUT2D eigenvalue weighted by molar-refractivity contribution is 0.106. The molecule has 0 aromatic heterocycles. The van der Waals surface area contributed by atoms with E-state index in [0.29, 0.717) is 22.3 Å². The number of aliphatic hydroxyl groups is 1. The van der Waals surface area contributed by atoms with Gasteiger partial charge >= 0.3 is 0 Å². The molecule has 4 nitrogen and oxygen atoms in total. The van der Waals surface area contributed by atoms with Gasteiger partial charge in [0.05, 0.1) is 5.02 Å². The Morgan fingerprint density at radius 2 is 2.10 bits per heavy atom. The topological polar surface area (TPSA) is 50.7 Å². The van der Waals surface area contributed by atoms with E-state index in [0.717, 1.165) is 26.0 Å². The van der Waals surface area contributed by atoms with Gasteiger partial charge in [0.25, 0.3) is 0 Å². The van der Waals surface area contributed by atoms with Crippen molar-refractivity contribution in [2.75, 3.05) is 33.4 Å². The molecule has 0 radical (unpaired) electrons. The molecule has 0 saturated heterocycles. The molecule has 0 heterocycles. The van der Waals surface area contributed by atoms with Crippen LogP contribution in [0.5, 0.6) is 5.75 Å². The zero-order valence-corrected chi connectivity index (χ0v) is 13.1. The van der Waals surface area contributed by atoms with Crippen LogP contribution in [0, 0.1) is 0 Å². The Bertz CT molecular complexity index is 391. The third-order valence-corrected chi connectivity index (χ3v) is 3.20. The lowest BCUT2D eigenvalue weighted by Crippen LogP contribution is -2.32. The normalized spacial score (nSPS) is 12.4. The van der Waals surface area contributed by atoms with Crippen LogP contribution in [0.15, 0.2) is 18.2 Å². The standard InChI is InChI=1S/C14H21Cl2NO3/c1-19-7-3-2-6-17-9-12(18)10-20-14-8-11(15)4-5-13(14)16/h4-5,8,12,17-18H,2-3,6-7,9-10H2,1H3. The lowest BCUT2D eigenvalue weighted by atomic mass is 10.3. The summed E-state index contributed by atoms with van der Waals surface area (Å²) in [4.78, 5) is 0. The third kappa shape index (κ3) is 7.31. The first-order valence-electron chi connectivity index (χ1n) is 6.59. The number of nitrogens with one attached hydrogen (secondary N) is 1. The van der Waals surface area contributed by atoms with E-state index in [1.807, 2.05) is 0 Å². The molecule has 0 aliphatic rings. The van der Waals surface area contributed by atoms with Crippen LogP contribution in [0.2, 0.25) is 10.0 Å². The molecule has 0 saturated carbocycles. The molecule has 0 aliphatic heterocycles. The number of halogens is 2. The van der Waals surface area contributed by atoms with E-state index in [1.54, 1.807) is 25.3 Å². The van der Waals surface area contributed by atoms with Crippen molar-refractivity contribution in [1.29, 1.82) is 0 Å². The summed E-state index contributed by atoms with van der Waals surface area (Å²) in [6.45, 7) is 2.26. The van der Waals surface area contributed by atoms with Crippen molar-refractivity contribution in [3.63, 3.8) is 0 Å². The first kappa shape index (κ1) is 17.5. The zero-order chi connectivity index (χ0) is 14.8. The van der Waals surface area contributed by atoms with Gasteiger partial charge in [-0.2, -0.15) is 0 Å². The smallest absolute Gasteiger partial charge is 0.139 e. The number of ether oxygens (including phenoxy) is 2. The van der Waals surface area contributed by atoms with Gasteiger partial charge < -0.3 is 19.9 Å². The molecule has 20 heavy (non-hydrogen) atoms. The van der Waals surface area contributed by atoms with Gasteiger partial charge in [-0.15, -0.1) is 0 Å². The Morgan fingerprint density at radius 1 is 1.30 bits per heavy atom. The van der Waals surface area contributed by atoms with Gasteiger partial charge in [0.1, 0.15) is 18.5 Å². The molecule has 1 aromatic rings. The predicted octanol–water partition coefficient (Wildman–Crippen LogP) is 2.75. The van der Waals surface area contributed by atoms with Crippen molar-refractivity contribution < 1.29 is 14.6 Å². The maximum Gasteiger partial charge on any atom is 0.139 e. The van der Waals surface area contributed by atoms with Gasteiger partial charge in [0, 0.05) is 31.4 Å². The van der Waals surface area contributed by atoms with E-state index in [-0.39, 0.29) is 6.61 Å². The van der Waals surface area contributed by atoms with Gasteiger partial charge in [0.2, 0.25) is 0 Å². The van der Waals surface area contributed by atoms with Crippen LogP contribution >= 0.6 is 23.2 Å². The first-order chi connectivity index (χ1) is 9.63. The van der Waals surface area contributed by atoms with Gasteiger partial charge in [0.15, 0.2) is 0 Å². The van der Waals surface area contributed by atoms with Crippen LogP contribution in [-0.4, -0.2) is 44.6 Å². The van der Waals surface area contributed by atoms with Crippen molar-refractivity contribution in [1.82, 2.24) is 5.32 Å². The summed E-state index contributed by atoms with van der Waals surface area (Å²) in [6.07, 6.45) is 1.43. The fourth-order valence-corrected chi connectivity index (χ4v) is 1.93. The number of rotatable bonds is 10. The second-order valence-corrected chi connectivity index (χ2v) is 5.29. The van der Waals surface area contributed by atoms with Crippen molar-refractivity contribution in [2.24, 2.45) is 0 Å². The number of unbranched alkanes of at least 4 members (excludes halogenated alkanes) is 1. The van der Waals surface area contributed by atoms with Crippen LogP contribution in [0.4, 0.5) is 0 Å². The molecule has 0 fully saturated rings. The van der Waals surface area contributed by atoms with Crippen LogP contribution in [0.25, 0.3) is 0 Å². The van der Waals surface area contributed by atoms with Crippen molar-refractivity contribution in [3.05, 3.63) is 28.2 Å². The fourth-order valence-electron chi connectivity index (χ4n) is 1.60. The number of benzene rings is 1. The Labute approximate surface area is 130 Å². The molecule has 2 N–H and O–H groups in total. The summed E-state index contributed by atoms with van der Waals surface area (Å²) in [5, 5.41) is 14.0. The van der Waals surface area contributed by atoms with Crippen LogP contribution in [0.1, 0.15) is 12.8 Å². The van der Waals surface area contributed by atoms with Crippen LogP contribution in [-0.2, 0) is 4.74 Å². The predicted molar refractivity (Wildman–Crippen MR) is 81.9 cm³/mol. The number of hydrogen-bond acceptors (Lipinski definition) is 4. The Hall–Kier alpha value is -0.520. The molecule has 0 bridgehead atoms. The summed E-state index contributed by atoms with van der Waals surface area (Å²) in [6, 6.07) is 4.99. The molecule has 0 spiro atoms. The number of methoxy groups -OCH3 is 1. The van der Waals surface area contributed by atoms with E-state index in [1.165, 1.54) is 0 Å². The van der Waals surface area contributed by atoms with Gasteiger partial charge in [-0.25, -0.2) is 0 Å². The van der Waals surface area contributed by atoms with Gasteiger partial charge in [-0.05, 0) is 31.5 Å². The van der Waals surface area contributed by atoms with Crippen LogP contribution < -0.4 is 10.1 Å². The molecule has 6 heteroatoms. The highest BCUT2D eigenvalue weighted by Gasteiger charge is 2.07. The molecule has 0 aliphatic carbocycles. The second kappa shape index (κ2) is 10.2. The van der Waals surface area contributed by atoms with Crippen molar-refractivity contribution >= 4 is 23.2 Å². The van der Waals surface area contributed by atoms with E-state index in [4.69, 9.17) is 32.7 Å². The van der Waals surface area contributed by atoms with Crippen molar-refractivity contribution in [3.8, 4) is 5.75 Å². The highest BCUT2D eigenvalue weighted by molar-refractivity contribution is 6.34. The molecular weight excluding hydrogens is 301 g/mol. The van der Waals surface area contributed by atoms with Crippen molar-refractivity contribution in [2.45, 2.75) is 18.9 Å². The summed E-state index contributed by atoms with van der Waals surface area (Å²) in [5.74, 6) is 0.485. The number of hydrogen-bond donors (Lipinski definition) is 2. The SMILES string of the molecule is COCCCCNCC(O)COc1cc(Cl)ccc1Cl. The molecule has 1 atom stereocenters. The minimum absolute atomic E-state index is 0.172. The van der Waals surface area contributed by atoms with Gasteiger partial charge in [-0.1, -0.05) is 23.2 Å². The van der Waals surface area contributed by atoms with Gasteiger partial charge in [-0.3, -0.25) is 0 Å². The highest BCUT2D eigenvalue weighted by Crippen LogP contribution is 2.27. The monoisotopic (exact) mass is 321 g/mol. The first-order valence-corrected chi connectivity index (χ1v) is 7.34. The Balaban J connectivity index is 2.16. The van der Waals surface area contributed by atoms with E-state index in [2.05, 4.69) is 5.32 Å². The van der Waals surface area contributed by atoms with E-state index in [9.17, 15) is 5.11 Å². The largest absolute Gasteiger partial charge is 0.489 e. The number of aliphatic hydroxyl groups excluding tert-OH is 1. The minimum atomic E-state index is -0.590. The van der Waals surface area contributed by atoms with E-state index < -0.39 is 6.10 Å². The summed E-state index contributed by atoms with van der Waals surface area (Å²) >= 11 is 11.8. The quantitative estimate of drug-likeness (QED) is 0.651. The fraction of sp³-hybridized carbons (Fsp3) is 0.571. The summed E-state index contributed by atoms with van der Waals surface area (Å²) < 4.78 is 10.4.